The smallest absolute Gasteiger partial charge is 0.180 e. The van der Waals surface area contributed by atoms with E-state index in [1.165, 1.54) is 0 Å². The molecule has 0 spiro atoms. The second-order valence-corrected chi connectivity index (χ2v) is 6.90. The summed E-state index contributed by atoms with van der Waals surface area (Å²) >= 11 is 0. The molecule has 0 aromatic heterocycles. The number of hydrogen-bond acceptors (Lipinski definition) is 4. The molecular weight excluding hydrogens is 250 g/mol. The number of aryl methyl sites for hydroxylation is 1. The van der Waals surface area contributed by atoms with Gasteiger partial charge >= 0.3 is 0 Å². The lowest BCUT2D eigenvalue weighted by atomic mass is 10.1. The first kappa shape index (κ1) is 13.5. The standard InChI is InChI=1S/C13H19NO3S/c1-10-4-6-11(7-5-10)18(16,17)9-13(15)12-3-2-8-14-12/h4-7,12-15H,2-3,8-9H2,1H3/t12?,13-/m1/s1. The van der Waals surface area contributed by atoms with Crippen LogP contribution in [0.15, 0.2) is 29.2 Å². The van der Waals surface area contributed by atoms with Crippen molar-refractivity contribution in [2.24, 2.45) is 0 Å². The van der Waals surface area contributed by atoms with E-state index < -0.39 is 15.9 Å². The molecule has 1 heterocycles. The third kappa shape index (κ3) is 3.10. The Bertz CT molecular complexity index is 489. The largest absolute Gasteiger partial charge is 0.390 e. The third-order valence-corrected chi connectivity index (χ3v) is 5.10. The average molecular weight is 269 g/mol. The highest BCUT2D eigenvalue weighted by Crippen LogP contribution is 2.16. The van der Waals surface area contributed by atoms with Crippen molar-refractivity contribution >= 4 is 9.84 Å². The highest BCUT2D eigenvalue weighted by atomic mass is 32.2. The molecule has 1 aromatic carbocycles. The first-order valence-corrected chi connectivity index (χ1v) is 7.85. The van der Waals surface area contributed by atoms with Crippen LogP contribution in [-0.2, 0) is 9.84 Å². The van der Waals surface area contributed by atoms with Crippen LogP contribution < -0.4 is 5.32 Å². The molecule has 1 fully saturated rings. The van der Waals surface area contributed by atoms with Crippen molar-refractivity contribution in [2.45, 2.75) is 36.8 Å². The van der Waals surface area contributed by atoms with Crippen molar-refractivity contribution in [3.63, 3.8) is 0 Å². The molecule has 1 aromatic rings. The molecule has 18 heavy (non-hydrogen) atoms. The van der Waals surface area contributed by atoms with Crippen molar-refractivity contribution in [1.29, 1.82) is 0 Å². The minimum absolute atomic E-state index is 0.0924. The Kier molecular flexibility index (Phi) is 4.04. The highest BCUT2D eigenvalue weighted by Gasteiger charge is 2.28. The van der Waals surface area contributed by atoms with Crippen LogP contribution in [0.2, 0.25) is 0 Å². The van der Waals surface area contributed by atoms with Crippen LogP contribution in [0.1, 0.15) is 18.4 Å². The molecule has 0 bridgehead atoms. The SMILES string of the molecule is Cc1ccc(S(=O)(=O)C[C@@H](O)C2CCCN2)cc1. The fourth-order valence-corrected chi connectivity index (χ4v) is 3.65. The molecule has 0 aliphatic carbocycles. The van der Waals surface area contributed by atoms with Crippen LogP contribution in [0.5, 0.6) is 0 Å². The van der Waals surface area contributed by atoms with Crippen molar-refractivity contribution in [1.82, 2.24) is 5.32 Å². The van der Waals surface area contributed by atoms with Gasteiger partial charge in [0.1, 0.15) is 0 Å². The third-order valence-electron chi connectivity index (χ3n) is 3.33. The zero-order valence-corrected chi connectivity index (χ0v) is 11.3. The number of rotatable bonds is 4. The van der Waals surface area contributed by atoms with Gasteiger partial charge in [0.05, 0.1) is 16.8 Å². The van der Waals surface area contributed by atoms with Gasteiger partial charge in [0, 0.05) is 6.04 Å². The van der Waals surface area contributed by atoms with Crippen LogP contribution in [0.3, 0.4) is 0 Å². The van der Waals surface area contributed by atoms with E-state index in [4.69, 9.17) is 0 Å². The van der Waals surface area contributed by atoms with E-state index in [0.717, 1.165) is 24.9 Å². The van der Waals surface area contributed by atoms with Crippen LogP contribution in [0, 0.1) is 6.92 Å². The molecule has 2 atom stereocenters. The second-order valence-electron chi connectivity index (χ2n) is 4.86. The molecule has 1 aliphatic rings. The van der Waals surface area contributed by atoms with Gasteiger partial charge in [-0.1, -0.05) is 17.7 Å². The second kappa shape index (κ2) is 5.38. The molecule has 4 nitrogen and oxygen atoms in total. The van der Waals surface area contributed by atoms with E-state index in [1.54, 1.807) is 24.3 Å². The zero-order valence-electron chi connectivity index (χ0n) is 10.5. The first-order valence-electron chi connectivity index (χ1n) is 6.20. The fourth-order valence-electron chi connectivity index (χ4n) is 2.22. The van der Waals surface area contributed by atoms with E-state index in [1.807, 2.05) is 6.92 Å². The molecule has 100 valence electrons. The Morgan fingerprint density at radius 1 is 1.39 bits per heavy atom. The Hall–Kier alpha value is -0.910. The van der Waals surface area contributed by atoms with Gasteiger partial charge in [-0.2, -0.15) is 0 Å². The summed E-state index contributed by atoms with van der Waals surface area (Å²) in [7, 11) is -3.40. The van der Waals surface area contributed by atoms with E-state index in [0.29, 0.717) is 0 Å². The van der Waals surface area contributed by atoms with Crippen LogP contribution in [0.4, 0.5) is 0 Å². The maximum atomic E-state index is 12.1. The quantitative estimate of drug-likeness (QED) is 0.851. The molecule has 0 radical (unpaired) electrons. The van der Waals surface area contributed by atoms with E-state index in [-0.39, 0.29) is 16.7 Å². The Morgan fingerprint density at radius 3 is 2.61 bits per heavy atom. The normalized spacial score (nSPS) is 22.0. The number of benzene rings is 1. The summed E-state index contributed by atoms with van der Waals surface area (Å²) in [6.07, 6.45) is 0.996. The first-order chi connectivity index (χ1) is 8.49. The lowest BCUT2D eigenvalue weighted by Crippen LogP contribution is -2.39. The van der Waals surface area contributed by atoms with E-state index >= 15 is 0 Å². The summed E-state index contributed by atoms with van der Waals surface area (Å²) in [5.74, 6) is -0.215. The fraction of sp³-hybridized carbons (Fsp3) is 0.538. The molecule has 1 aliphatic heterocycles. The Balaban J connectivity index is 2.09. The summed E-state index contributed by atoms with van der Waals surface area (Å²) in [5.41, 5.74) is 1.02. The molecule has 5 heteroatoms. The van der Waals surface area contributed by atoms with Gasteiger partial charge in [-0.05, 0) is 38.4 Å². The molecule has 2 N–H and O–H groups in total. The number of hydrogen-bond donors (Lipinski definition) is 2. The lowest BCUT2D eigenvalue weighted by molar-refractivity contribution is 0.157. The van der Waals surface area contributed by atoms with Crippen molar-refractivity contribution in [2.75, 3.05) is 12.3 Å². The van der Waals surface area contributed by atoms with Crippen LogP contribution in [-0.4, -0.2) is 38.0 Å². The van der Waals surface area contributed by atoms with Crippen molar-refractivity contribution < 1.29 is 13.5 Å². The molecule has 1 saturated heterocycles. The maximum absolute atomic E-state index is 12.1. The highest BCUT2D eigenvalue weighted by molar-refractivity contribution is 7.91. The van der Waals surface area contributed by atoms with Crippen LogP contribution >= 0.6 is 0 Å². The van der Waals surface area contributed by atoms with Gasteiger partial charge in [-0.15, -0.1) is 0 Å². The Morgan fingerprint density at radius 2 is 2.06 bits per heavy atom. The summed E-state index contributed by atoms with van der Waals surface area (Å²) in [4.78, 5) is 0.283. The summed E-state index contributed by atoms with van der Waals surface area (Å²) in [6, 6.07) is 6.64. The summed E-state index contributed by atoms with van der Waals surface area (Å²) in [6.45, 7) is 2.76. The number of aliphatic hydroxyl groups excluding tert-OH is 1. The van der Waals surface area contributed by atoms with Crippen molar-refractivity contribution in [3.05, 3.63) is 29.8 Å². The van der Waals surface area contributed by atoms with E-state index in [2.05, 4.69) is 5.32 Å². The minimum Gasteiger partial charge on any atom is -0.390 e. The number of nitrogens with one attached hydrogen (secondary N) is 1. The lowest BCUT2D eigenvalue weighted by Gasteiger charge is -2.18. The topological polar surface area (TPSA) is 66.4 Å². The van der Waals surface area contributed by atoms with Gasteiger partial charge < -0.3 is 10.4 Å². The molecule has 1 unspecified atom stereocenters. The summed E-state index contributed by atoms with van der Waals surface area (Å²) < 4.78 is 24.2. The van der Waals surface area contributed by atoms with Gasteiger partial charge in [0.25, 0.3) is 0 Å². The van der Waals surface area contributed by atoms with Gasteiger partial charge in [0.15, 0.2) is 9.84 Å². The molecule has 2 rings (SSSR count). The number of sulfone groups is 1. The maximum Gasteiger partial charge on any atom is 0.180 e. The Labute approximate surface area is 108 Å². The average Bonchev–Trinajstić information content (AvgIpc) is 2.82. The van der Waals surface area contributed by atoms with Gasteiger partial charge in [0.2, 0.25) is 0 Å². The molecule has 0 saturated carbocycles. The van der Waals surface area contributed by atoms with Gasteiger partial charge in [-0.3, -0.25) is 0 Å². The minimum atomic E-state index is -3.40. The van der Waals surface area contributed by atoms with Gasteiger partial charge in [-0.25, -0.2) is 8.42 Å². The molecular formula is C13H19NO3S. The van der Waals surface area contributed by atoms with E-state index in [9.17, 15) is 13.5 Å². The molecule has 0 amide bonds. The predicted molar refractivity (Wildman–Crippen MR) is 70.3 cm³/mol. The zero-order chi connectivity index (χ0) is 13.2. The van der Waals surface area contributed by atoms with Crippen LogP contribution in [0.25, 0.3) is 0 Å². The summed E-state index contributed by atoms with van der Waals surface area (Å²) in [5, 5.41) is 13.1. The van der Waals surface area contributed by atoms with Crippen molar-refractivity contribution in [3.8, 4) is 0 Å². The predicted octanol–water partition coefficient (Wildman–Crippen LogP) is 0.882. The number of aliphatic hydroxyl groups is 1. The monoisotopic (exact) mass is 269 g/mol.